The van der Waals surface area contributed by atoms with Gasteiger partial charge in [0.2, 0.25) is 0 Å². The Labute approximate surface area is 36.5 Å². The minimum Gasteiger partial charge on any atom is -0.348 e. The van der Waals surface area contributed by atoms with Crippen molar-refractivity contribution >= 4 is 26.3 Å². The summed E-state index contributed by atoms with van der Waals surface area (Å²) in [5, 5.41) is 0. The van der Waals surface area contributed by atoms with Gasteiger partial charge in [-0.15, -0.1) is 0 Å². The molecule has 0 amide bonds. The van der Waals surface area contributed by atoms with E-state index in [1.807, 2.05) is 0 Å². The summed E-state index contributed by atoms with van der Waals surface area (Å²) in [6.45, 7) is 0. The molecule has 4 radical (unpaired) electrons. The maximum atomic E-state index is 8.57. The quantitative estimate of drug-likeness (QED) is 0.354. The van der Waals surface area contributed by atoms with Crippen LogP contribution in [0, 0.1) is 0 Å². The summed E-state index contributed by atoms with van der Waals surface area (Å²) in [6.07, 6.45) is 0. The molecule has 4 heavy (non-hydrogen) atoms. The molecule has 2 nitrogen and oxygen atoms in total. The second kappa shape index (κ2) is 9.28. The molecule has 0 heterocycles. The fraction of sp³-hybridized carbons (Fsp3) is 0. The number of hydrogen-bond donors (Lipinski definition) is 1. The molecule has 0 aromatic carbocycles. The zero-order valence-corrected chi connectivity index (χ0v) is 5.19. The van der Waals surface area contributed by atoms with Crippen molar-refractivity contribution in [3.8, 4) is 0 Å². The average Bonchev–Trinajstić information content (AvgIpc) is 0.918. The fourth-order valence-corrected chi connectivity index (χ4v) is 0. The monoisotopic (exact) mass is 140 g/mol. The van der Waals surface area contributed by atoms with Crippen LogP contribution in [0.4, 0.5) is 0 Å². The fourth-order valence-electron chi connectivity index (χ4n) is 0. The van der Waals surface area contributed by atoms with Crippen molar-refractivity contribution < 1.29 is 9.46 Å². The molecule has 0 aliphatic carbocycles. The molecule has 4 heteroatoms. The zero-order chi connectivity index (χ0) is 2.71. The second-order valence-corrected chi connectivity index (χ2v) is 0.316. The van der Waals surface area contributed by atoms with Gasteiger partial charge >= 0.3 is 0 Å². The van der Waals surface area contributed by atoms with Crippen molar-refractivity contribution in [1.82, 2.24) is 0 Å². The van der Waals surface area contributed by atoms with Gasteiger partial charge in [-0.05, 0) is 0 Å². The SMILES string of the molecule is O=[PH2]O.[Ge]. The molecular formula is H3GeO2P. The minimum absolute atomic E-state index is 0. The Morgan fingerprint density at radius 2 is 1.75 bits per heavy atom. The summed E-state index contributed by atoms with van der Waals surface area (Å²) in [5.41, 5.74) is 0. The predicted octanol–water partition coefficient (Wildman–Crippen LogP) is -0.731. The van der Waals surface area contributed by atoms with Gasteiger partial charge in [-0.1, -0.05) is 0 Å². The zero-order valence-electron chi connectivity index (χ0n) is 1.93. The van der Waals surface area contributed by atoms with Crippen LogP contribution < -0.4 is 0 Å². The Morgan fingerprint density at radius 3 is 1.75 bits per heavy atom. The normalized spacial score (nSPS) is 7.25. The molecule has 1 unspecified atom stereocenters. The van der Waals surface area contributed by atoms with E-state index in [9.17, 15) is 0 Å². The van der Waals surface area contributed by atoms with Crippen LogP contribution in [0.3, 0.4) is 0 Å². The number of rotatable bonds is 0. The van der Waals surface area contributed by atoms with Gasteiger partial charge < -0.3 is 4.89 Å². The predicted molar refractivity (Wildman–Crippen MR) is 18.4 cm³/mol. The first-order valence-corrected chi connectivity index (χ1v) is 1.48. The molecule has 0 aromatic heterocycles. The summed E-state index contributed by atoms with van der Waals surface area (Å²) in [4.78, 5) is 7.10. The van der Waals surface area contributed by atoms with Crippen LogP contribution >= 0.6 is 8.69 Å². The van der Waals surface area contributed by atoms with Gasteiger partial charge in [-0.2, -0.15) is 0 Å². The van der Waals surface area contributed by atoms with Gasteiger partial charge in [0.25, 0.3) is 0 Å². The van der Waals surface area contributed by atoms with E-state index in [2.05, 4.69) is 0 Å². The third-order valence-electron chi connectivity index (χ3n) is 0. The first-order valence-electron chi connectivity index (χ1n) is 0.494. The molecule has 0 aliphatic rings. The van der Waals surface area contributed by atoms with Crippen LogP contribution in [0.1, 0.15) is 0 Å². The van der Waals surface area contributed by atoms with E-state index in [0.29, 0.717) is 0 Å². The second-order valence-electron chi connectivity index (χ2n) is 0.105. The smallest absolute Gasteiger partial charge is 0.177 e. The summed E-state index contributed by atoms with van der Waals surface area (Å²) in [7, 11) is -1.50. The van der Waals surface area contributed by atoms with Crippen molar-refractivity contribution in [3.05, 3.63) is 0 Å². The van der Waals surface area contributed by atoms with Crippen molar-refractivity contribution in [3.63, 3.8) is 0 Å². The summed E-state index contributed by atoms with van der Waals surface area (Å²) >= 11 is 0. The van der Waals surface area contributed by atoms with Gasteiger partial charge in [0, 0.05) is 17.6 Å². The van der Waals surface area contributed by atoms with E-state index in [-0.39, 0.29) is 17.6 Å². The molecule has 1 atom stereocenters. The third kappa shape index (κ3) is 15.3. The van der Waals surface area contributed by atoms with Crippen LogP contribution in [0.15, 0.2) is 0 Å². The Bertz CT molecular complexity index is 13.5. The Morgan fingerprint density at radius 1 is 1.75 bits per heavy atom. The molecule has 0 rings (SSSR count). The Balaban J connectivity index is 0. The first kappa shape index (κ1) is 8.83. The van der Waals surface area contributed by atoms with Crippen LogP contribution in [0.5, 0.6) is 0 Å². The van der Waals surface area contributed by atoms with Gasteiger partial charge in [0.05, 0.1) is 0 Å². The van der Waals surface area contributed by atoms with E-state index in [1.54, 1.807) is 0 Å². The Hall–Kier alpha value is 0.733. The molecule has 0 spiro atoms. The van der Waals surface area contributed by atoms with Gasteiger partial charge in [-0.3, -0.25) is 4.57 Å². The average molecular weight is 139 g/mol. The molecule has 0 saturated heterocycles. The molecule has 0 fully saturated rings. The van der Waals surface area contributed by atoms with E-state index in [0.717, 1.165) is 0 Å². The van der Waals surface area contributed by atoms with Crippen LogP contribution in [-0.4, -0.2) is 22.5 Å². The maximum Gasteiger partial charge on any atom is 0.177 e. The minimum atomic E-state index is -1.50. The van der Waals surface area contributed by atoms with Gasteiger partial charge in [-0.25, -0.2) is 0 Å². The van der Waals surface area contributed by atoms with E-state index >= 15 is 0 Å². The maximum absolute atomic E-state index is 8.57. The Kier molecular flexibility index (Phi) is 20.5. The standard InChI is InChI=1S/Ge.H3O2P/c;1-3-2/h;3H2,(H,1,2). The van der Waals surface area contributed by atoms with E-state index in [4.69, 9.17) is 9.46 Å². The third-order valence-corrected chi connectivity index (χ3v) is 0. The van der Waals surface area contributed by atoms with Crippen molar-refractivity contribution in [2.45, 2.75) is 0 Å². The topological polar surface area (TPSA) is 37.3 Å². The molecule has 1 N–H and O–H groups in total. The van der Waals surface area contributed by atoms with Crippen molar-refractivity contribution in [1.29, 1.82) is 0 Å². The molecule has 0 aromatic rings. The number of hydrogen-bond acceptors (Lipinski definition) is 1. The summed E-state index contributed by atoms with van der Waals surface area (Å²) in [6, 6.07) is 0. The molecule has 24 valence electrons. The summed E-state index contributed by atoms with van der Waals surface area (Å²) in [5.74, 6) is 0. The van der Waals surface area contributed by atoms with Crippen LogP contribution in [0.2, 0.25) is 0 Å². The summed E-state index contributed by atoms with van der Waals surface area (Å²) < 4.78 is 8.57. The van der Waals surface area contributed by atoms with Gasteiger partial charge in [0.1, 0.15) is 0 Å². The van der Waals surface area contributed by atoms with E-state index < -0.39 is 8.69 Å². The van der Waals surface area contributed by atoms with Crippen LogP contribution in [0.25, 0.3) is 0 Å². The van der Waals surface area contributed by atoms with Gasteiger partial charge in [0.15, 0.2) is 8.69 Å². The van der Waals surface area contributed by atoms with E-state index in [1.165, 1.54) is 0 Å². The molecule has 0 saturated carbocycles. The molecule has 0 bridgehead atoms. The molecular weight excluding hydrogens is 136 g/mol. The van der Waals surface area contributed by atoms with Crippen molar-refractivity contribution in [2.75, 3.05) is 0 Å². The first-order chi connectivity index (χ1) is 1.41. The van der Waals surface area contributed by atoms with Crippen molar-refractivity contribution in [2.24, 2.45) is 0 Å². The largest absolute Gasteiger partial charge is 0.348 e. The molecule has 0 aliphatic heterocycles. The van der Waals surface area contributed by atoms with Crippen LogP contribution in [-0.2, 0) is 4.57 Å².